The van der Waals surface area contributed by atoms with Crippen LogP contribution in [0.4, 0.5) is 9.18 Å². The number of halogens is 2. The molecule has 0 aliphatic carbocycles. The Balaban J connectivity index is 1.87. The van der Waals surface area contributed by atoms with Gasteiger partial charge in [0.05, 0.1) is 0 Å². The number of likely N-dealkylation sites (tertiary alicyclic amines) is 1. The molecule has 6 heteroatoms. The lowest BCUT2D eigenvalue weighted by Gasteiger charge is -2.22. The Morgan fingerprint density at radius 3 is 2.86 bits per heavy atom. The number of ether oxygens (including phenoxy) is 1. The van der Waals surface area contributed by atoms with Gasteiger partial charge in [0.25, 0.3) is 0 Å². The third kappa shape index (κ3) is 4.85. The minimum Gasteiger partial charge on any atom is -0.444 e. The average molecular weight is 329 g/mol. The van der Waals surface area contributed by atoms with E-state index < -0.39 is 11.7 Å². The van der Waals surface area contributed by atoms with Crippen LogP contribution >= 0.6 is 11.6 Å². The number of benzene rings is 1. The van der Waals surface area contributed by atoms with E-state index >= 15 is 0 Å². The molecule has 0 spiro atoms. The predicted octanol–water partition coefficient (Wildman–Crippen LogP) is 3.58. The molecule has 1 unspecified atom stereocenters. The highest BCUT2D eigenvalue weighted by molar-refractivity contribution is 6.31. The van der Waals surface area contributed by atoms with Crippen LogP contribution in [-0.4, -0.2) is 35.7 Å². The Morgan fingerprint density at radius 1 is 1.50 bits per heavy atom. The van der Waals surface area contributed by atoms with Crippen LogP contribution < -0.4 is 5.32 Å². The van der Waals surface area contributed by atoms with Crippen LogP contribution in [0.5, 0.6) is 0 Å². The van der Waals surface area contributed by atoms with Gasteiger partial charge in [0.15, 0.2) is 0 Å². The van der Waals surface area contributed by atoms with Gasteiger partial charge in [-0.1, -0.05) is 17.7 Å². The average Bonchev–Trinajstić information content (AvgIpc) is 2.79. The molecule has 22 heavy (non-hydrogen) atoms. The first kappa shape index (κ1) is 17.0. The van der Waals surface area contributed by atoms with Gasteiger partial charge in [-0.15, -0.1) is 0 Å². The van der Waals surface area contributed by atoms with E-state index in [4.69, 9.17) is 16.3 Å². The van der Waals surface area contributed by atoms with Crippen molar-refractivity contribution in [2.75, 3.05) is 13.1 Å². The summed E-state index contributed by atoms with van der Waals surface area (Å²) in [5.74, 6) is -0.295. The molecule has 0 bridgehead atoms. The number of amides is 1. The number of alkyl carbamates (subject to hydrolysis) is 1. The van der Waals surface area contributed by atoms with Crippen molar-refractivity contribution in [3.63, 3.8) is 0 Å². The standard InChI is InChI=1S/C16H22ClFN2O2/c1-16(2,3)22-15(21)19-11-7-8-20(9-11)10-12-13(17)5-4-6-14(12)18/h4-6,11H,7-10H2,1-3H3,(H,19,21). The fourth-order valence-electron chi connectivity index (χ4n) is 2.48. The lowest BCUT2D eigenvalue weighted by atomic mass is 10.2. The van der Waals surface area contributed by atoms with Crippen molar-refractivity contribution >= 4 is 17.7 Å². The maximum absolute atomic E-state index is 13.8. The molecule has 0 saturated carbocycles. The van der Waals surface area contributed by atoms with Gasteiger partial charge in [-0.05, 0) is 39.3 Å². The van der Waals surface area contributed by atoms with E-state index in [2.05, 4.69) is 10.2 Å². The van der Waals surface area contributed by atoms with Crippen molar-refractivity contribution in [1.29, 1.82) is 0 Å². The molecule has 2 rings (SSSR count). The maximum Gasteiger partial charge on any atom is 0.407 e. The fraction of sp³-hybridized carbons (Fsp3) is 0.562. The third-order valence-corrected chi connectivity index (χ3v) is 3.79. The van der Waals surface area contributed by atoms with Crippen molar-refractivity contribution in [3.05, 3.63) is 34.6 Å². The van der Waals surface area contributed by atoms with Gasteiger partial charge in [-0.3, -0.25) is 4.90 Å². The number of hydrogen-bond donors (Lipinski definition) is 1. The number of carbonyl (C=O) groups excluding carboxylic acids is 1. The molecule has 1 aliphatic rings. The molecule has 1 aromatic rings. The first-order chi connectivity index (χ1) is 10.2. The quantitative estimate of drug-likeness (QED) is 0.922. The Hall–Kier alpha value is -1.33. The van der Waals surface area contributed by atoms with E-state index in [0.29, 0.717) is 23.7 Å². The number of carbonyl (C=O) groups is 1. The van der Waals surface area contributed by atoms with E-state index in [1.165, 1.54) is 6.07 Å². The van der Waals surface area contributed by atoms with Crippen molar-refractivity contribution in [2.45, 2.75) is 45.4 Å². The normalized spacial score (nSPS) is 19.2. The zero-order valence-corrected chi connectivity index (χ0v) is 13.9. The van der Waals surface area contributed by atoms with Crippen LogP contribution in [0.2, 0.25) is 5.02 Å². The molecule has 1 saturated heterocycles. The van der Waals surface area contributed by atoms with Crippen LogP contribution in [0.25, 0.3) is 0 Å². The van der Waals surface area contributed by atoms with Gasteiger partial charge in [0, 0.05) is 36.3 Å². The Kier molecular flexibility index (Phi) is 5.29. The van der Waals surface area contributed by atoms with E-state index in [0.717, 1.165) is 13.0 Å². The molecule has 122 valence electrons. The number of rotatable bonds is 3. The summed E-state index contributed by atoms with van der Waals surface area (Å²) < 4.78 is 19.0. The zero-order valence-electron chi connectivity index (χ0n) is 13.2. The van der Waals surface area contributed by atoms with Crippen molar-refractivity contribution in [3.8, 4) is 0 Å². The molecule has 1 aliphatic heterocycles. The summed E-state index contributed by atoms with van der Waals surface area (Å²) in [5.41, 5.74) is -0.00892. The minimum atomic E-state index is -0.511. The molecule has 0 radical (unpaired) electrons. The maximum atomic E-state index is 13.8. The molecule has 1 fully saturated rings. The third-order valence-electron chi connectivity index (χ3n) is 3.44. The highest BCUT2D eigenvalue weighted by Gasteiger charge is 2.27. The number of hydrogen-bond acceptors (Lipinski definition) is 3. The Labute approximate surface area is 135 Å². The smallest absolute Gasteiger partial charge is 0.407 e. The molecular weight excluding hydrogens is 307 g/mol. The second-order valence-corrected chi connectivity index (χ2v) is 6.97. The second-order valence-electron chi connectivity index (χ2n) is 6.57. The molecule has 1 amide bonds. The van der Waals surface area contributed by atoms with Crippen LogP contribution in [0.1, 0.15) is 32.8 Å². The summed E-state index contributed by atoms with van der Waals surface area (Å²) in [7, 11) is 0. The van der Waals surface area contributed by atoms with Gasteiger partial charge in [0.2, 0.25) is 0 Å². The van der Waals surface area contributed by atoms with Crippen molar-refractivity contribution < 1.29 is 13.9 Å². The number of nitrogens with one attached hydrogen (secondary N) is 1. The summed E-state index contributed by atoms with van der Waals surface area (Å²) in [6, 6.07) is 4.71. The van der Waals surface area contributed by atoms with Crippen molar-refractivity contribution in [2.24, 2.45) is 0 Å². The molecule has 1 aromatic carbocycles. The fourth-order valence-corrected chi connectivity index (χ4v) is 2.70. The Bertz CT molecular complexity index is 525. The summed E-state index contributed by atoms with van der Waals surface area (Å²) in [6.07, 6.45) is 0.397. The highest BCUT2D eigenvalue weighted by atomic mass is 35.5. The monoisotopic (exact) mass is 328 g/mol. The molecule has 1 atom stereocenters. The number of nitrogens with zero attached hydrogens (tertiary/aromatic N) is 1. The lowest BCUT2D eigenvalue weighted by molar-refractivity contribution is 0.0505. The predicted molar refractivity (Wildman–Crippen MR) is 84.5 cm³/mol. The minimum absolute atomic E-state index is 0.0143. The Morgan fingerprint density at radius 2 is 2.23 bits per heavy atom. The van der Waals surface area contributed by atoms with Gasteiger partial charge < -0.3 is 10.1 Å². The lowest BCUT2D eigenvalue weighted by Crippen LogP contribution is -2.40. The van der Waals surface area contributed by atoms with Crippen LogP contribution in [0, 0.1) is 5.82 Å². The summed E-state index contributed by atoms with van der Waals surface area (Å²) in [5, 5.41) is 3.28. The van der Waals surface area contributed by atoms with Gasteiger partial charge in [0.1, 0.15) is 11.4 Å². The first-order valence-corrected chi connectivity index (χ1v) is 7.77. The highest BCUT2D eigenvalue weighted by Crippen LogP contribution is 2.23. The van der Waals surface area contributed by atoms with Gasteiger partial charge >= 0.3 is 6.09 Å². The molecular formula is C16H22ClFN2O2. The molecule has 1 heterocycles. The van der Waals surface area contributed by atoms with Crippen molar-refractivity contribution in [1.82, 2.24) is 10.2 Å². The summed E-state index contributed by atoms with van der Waals surface area (Å²) in [6.45, 7) is 7.36. The summed E-state index contributed by atoms with van der Waals surface area (Å²) in [4.78, 5) is 13.8. The van der Waals surface area contributed by atoms with Crippen LogP contribution in [0.3, 0.4) is 0 Å². The molecule has 0 aromatic heterocycles. The van der Waals surface area contributed by atoms with E-state index in [9.17, 15) is 9.18 Å². The van der Waals surface area contributed by atoms with Crippen LogP contribution in [-0.2, 0) is 11.3 Å². The van der Waals surface area contributed by atoms with E-state index in [1.807, 2.05) is 20.8 Å². The second kappa shape index (κ2) is 6.84. The molecule has 1 N–H and O–H groups in total. The largest absolute Gasteiger partial charge is 0.444 e. The summed E-state index contributed by atoms with van der Waals surface area (Å²) >= 11 is 6.04. The van der Waals surface area contributed by atoms with E-state index in [1.54, 1.807) is 12.1 Å². The molecule has 4 nitrogen and oxygen atoms in total. The SMILES string of the molecule is CC(C)(C)OC(=O)NC1CCN(Cc2c(F)cccc2Cl)C1. The first-order valence-electron chi connectivity index (χ1n) is 7.39. The van der Waals surface area contributed by atoms with Gasteiger partial charge in [-0.25, -0.2) is 9.18 Å². The van der Waals surface area contributed by atoms with E-state index in [-0.39, 0.29) is 11.9 Å². The van der Waals surface area contributed by atoms with Crippen LogP contribution in [0.15, 0.2) is 18.2 Å². The van der Waals surface area contributed by atoms with Gasteiger partial charge in [-0.2, -0.15) is 0 Å². The topological polar surface area (TPSA) is 41.6 Å². The zero-order chi connectivity index (χ0) is 16.3.